The van der Waals surface area contributed by atoms with E-state index in [4.69, 9.17) is 9.47 Å². The topological polar surface area (TPSA) is 67.9 Å². The van der Waals surface area contributed by atoms with Gasteiger partial charge in [-0.05, 0) is 36.2 Å². The van der Waals surface area contributed by atoms with Crippen LogP contribution in [0.15, 0.2) is 42.5 Å². The molecule has 7 heteroatoms. The highest BCUT2D eigenvalue weighted by atomic mass is 19.1. The minimum atomic E-state index is -0.457. The molecule has 2 aromatic carbocycles. The van der Waals surface area contributed by atoms with Crippen molar-refractivity contribution >= 4 is 17.5 Å². The van der Waals surface area contributed by atoms with Gasteiger partial charge in [0.1, 0.15) is 0 Å². The number of para-hydroxylation sites is 1. The Hall–Kier alpha value is -2.93. The minimum Gasteiger partial charge on any atom is -0.494 e. The van der Waals surface area contributed by atoms with Gasteiger partial charge in [0.15, 0.2) is 11.6 Å². The number of amides is 2. The summed E-state index contributed by atoms with van der Waals surface area (Å²) in [6.07, 6.45) is 0.554. The van der Waals surface area contributed by atoms with Crippen LogP contribution in [0.3, 0.4) is 0 Å². The van der Waals surface area contributed by atoms with Crippen LogP contribution >= 0.6 is 0 Å². The van der Waals surface area contributed by atoms with Gasteiger partial charge in [0.2, 0.25) is 5.91 Å². The van der Waals surface area contributed by atoms with E-state index in [1.807, 2.05) is 0 Å². The molecule has 0 aliphatic carbocycles. The minimum absolute atomic E-state index is 0.128. The molecule has 0 unspecified atom stereocenters. The number of hydrogen-bond donors (Lipinski definition) is 1. The number of halogens is 1. The van der Waals surface area contributed by atoms with E-state index in [-0.39, 0.29) is 24.0 Å². The number of morpholine rings is 1. The fraction of sp³-hybridized carbons (Fsp3) is 0.333. The van der Waals surface area contributed by atoms with Crippen LogP contribution in [0.4, 0.5) is 10.1 Å². The maximum atomic E-state index is 13.8. The van der Waals surface area contributed by atoms with Crippen molar-refractivity contribution in [3.05, 3.63) is 59.4 Å². The Morgan fingerprint density at radius 1 is 1.18 bits per heavy atom. The Bertz CT molecular complexity index is 850. The maximum Gasteiger partial charge on any atom is 0.256 e. The van der Waals surface area contributed by atoms with E-state index in [0.717, 1.165) is 0 Å². The van der Waals surface area contributed by atoms with Gasteiger partial charge in [-0.3, -0.25) is 9.59 Å². The van der Waals surface area contributed by atoms with Gasteiger partial charge in [-0.2, -0.15) is 0 Å². The Kier molecular flexibility index (Phi) is 6.60. The molecule has 1 fully saturated rings. The number of nitrogens with one attached hydrogen (secondary N) is 1. The van der Waals surface area contributed by atoms with Gasteiger partial charge in [-0.1, -0.05) is 18.2 Å². The first-order valence-electron chi connectivity index (χ1n) is 9.17. The van der Waals surface area contributed by atoms with Crippen LogP contribution < -0.4 is 10.1 Å². The van der Waals surface area contributed by atoms with Crippen LogP contribution in [-0.2, 0) is 16.0 Å². The fourth-order valence-electron chi connectivity index (χ4n) is 3.05. The molecule has 148 valence electrons. The molecule has 0 radical (unpaired) electrons. The molecule has 1 aliphatic heterocycles. The van der Waals surface area contributed by atoms with Crippen molar-refractivity contribution < 1.29 is 23.5 Å². The second kappa shape index (κ2) is 9.32. The first-order valence-corrected chi connectivity index (χ1v) is 9.17. The zero-order valence-electron chi connectivity index (χ0n) is 15.7. The SMILES string of the molecule is COc1ccc(CCC(=O)Nc2ccccc2C(=O)N2CCOCC2)cc1F. The Morgan fingerprint density at radius 3 is 2.64 bits per heavy atom. The highest BCUT2D eigenvalue weighted by Crippen LogP contribution is 2.20. The fourth-order valence-corrected chi connectivity index (χ4v) is 3.05. The van der Waals surface area contributed by atoms with E-state index in [0.29, 0.717) is 49.5 Å². The van der Waals surface area contributed by atoms with Crippen molar-refractivity contribution in [2.24, 2.45) is 0 Å². The largest absolute Gasteiger partial charge is 0.494 e. The van der Waals surface area contributed by atoms with Crippen molar-refractivity contribution in [1.29, 1.82) is 0 Å². The highest BCUT2D eigenvalue weighted by Gasteiger charge is 2.21. The summed E-state index contributed by atoms with van der Waals surface area (Å²) in [4.78, 5) is 26.8. The molecule has 1 heterocycles. The summed E-state index contributed by atoms with van der Waals surface area (Å²) >= 11 is 0. The van der Waals surface area contributed by atoms with E-state index in [9.17, 15) is 14.0 Å². The van der Waals surface area contributed by atoms with E-state index in [1.54, 1.807) is 41.3 Å². The lowest BCUT2D eigenvalue weighted by Crippen LogP contribution is -2.41. The molecule has 0 saturated carbocycles. The number of nitrogens with zero attached hydrogens (tertiary/aromatic N) is 1. The van der Waals surface area contributed by atoms with Gasteiger partial charge in [0, 0.05) is 19.5 Å². The number of rotatable bonds is 6. The summed E-state index contributed by atoms with van der Waals surface area (Å²) in [7, 11) is 1.40. The van der Waals surface area contributed by atoms with Crippen molar-refractivity contribution in [1.82, 2.24) is 4.90 Å². The normalized spacial score (nSPS) is 13.9. The standard InChI is InChI=1S/C21H23FN2O4/c1-27-19-8-6-15(14-17(19)22)7-9-20(25)23-18-5-3-2-4-16(18)21(26)24-10-12-28-13-11-24/h2-6,8,14H,7,9-13H2,1H3,(H,23,25). The third-order valence-electron chi connectivity index (χ3n) is 4.59. The van der Waals surface area contributed by atoms with E-state index >= 15 is 0 Å². The average Bonchev–Trinajstić information content (AvgIpc) is 2.73. The quantitative estimate of drug-likeness (QED) is 0.829. The number of anilines is 1. The van der Waals surface area contributed by atoms with Crippen molar-refractivity contribution in [3.8, 4) is 5.75 Å². The molecule has 0 atom stereocenters. The Balaban J connectivity index is 1.62. The summed E-state index contributed by atoms with van der Waals surface area (Å²) in [5.74, 6) is -0.652. The lowest BCUT2D eigenvalue weighted by atomic mass is 10.1. The van der Waals surface area contributed by atoms with Crippen LogP contribution in [-0.4, -0.2) is 50.1 Å². The van der Waals surface area contributed by atoms with Crippen molar-refractivity contribution in [3.63, 3.8) is 0 Å². The zero-order valence-corrected chi connectivity index (χ0v) is 15.7. The molecule has 0 spiro atoms. The van der Waals surface area contributed by atoms with Crippen LogP contribution in [0.2, 0.25) is 0 Å². The predicted molar refractivity (Wildman–Crippen MR) is 103 cm³/mol. The molecule has 1 saturated heterocycles. The number of ether oxygens (including phenoxy) is 2. The first-order chi connectivity index (χ1) is 13.6. The van der Waals surface area contributed by atoms with E-state index in [2.05, 4.69) is 5.32 Å². The van der Waals surface area contributed by atoms with Crippen LogP contribution in [0.25, 0.3) is 0 Å². The van der Waals surface area contributed by atoms with Gasteiger partial charge in [-0.15, -0.1) is 0 Å². The Labute approximate surface area is 163 Å². The number of hydrogen-bond acceptors (Lipinski definition) is 4. The number of benzene rings is 2. The summed E-state index contributed by atoms with van der Waals surface area (Å²) in [6.45, 7) is 2.09. The molecule has 2 amide bonds. The molecule has 3 rings (SSSR count). The lowest BCUT2D eigenvalue weighted by molar-refractivity contribution is -0.116. The number of aryl methyl sites for hydroxylation is 1. The van der Waals surface area contributed by atoms with Gasteiger partial charge >= 0.3 is 0 Å². The smallest absolute Gasteiger partial charge is 0.256 e. The second-order valence-electron chi connectivity index (χ2n) is 6.47. The lowest BCUT2D eigenvalue weighted by Gasteiger charge is -2.27. The number of methoxy groups -OCH3 is 1. The molecular formula is C21H23FN2O4. The second-order valence-corrected chi connectivity index (χ2v) is 6.47. The maximum absolute atomic E-state index is 13.8. The third-order valence-corrected chi connectivity index (χ3v) is 4.59. The van der Waals surface area contributed by atoms with Gasteiger partial charge in [0.05, 0.1) is 31.6 Å². The Morgan fingerprint density at radius 2 is 1.93 bits per heavy atom. The molecule has 0 aromatic heterocycles. The average molecular weight is 386 g/mol. The molecular weight excluding hydrogens is 363 g/mol. The van der Waals surface area contributed by atoms with Gasteiger partial charge < -0.3 is 19.7 Å². The van der Waals surface area contributed by atoms with Crippen LogP contribution in [0, 0.1) is 5.82 Å². The van der Waals surface area contributed by atoms with Gasteiger partial charge in [-0.25, -0.2) is 4.39 Å². The summed E-state index contributed by atoms with van der Waals surface area (Å²) in [6, 6.07) is 11.6. The van der Waals surface area contributed by atoms with Crippen LogP contribution in [0.1, 0.15) is 22.3 Å². The molecule has 1 N–H and O–H groups in total. The molecule has 2 aromatic rings. The number of carbonyl (C=O) groups excluding carboxylic acids is 2. The summed E-state index contributed by atoms with van der Waals surface area (Å²) in [5, 5.41) is 2.80. The van der Waals surface area contributed by atoms with Crippen molar-refractivity contribution in [2.75, 3.05) is 38.7 Å². The predicted octanol–water partition coefficient (Wildman–Crippen LogP) is 2.88. The highest BCUT2D eigenvalue weighted by molar-refractivity contribution is 6.03. The zero-order chi connectivity index (χ0) is 19.9. The molecule has 28 heavy (non-hydrogen) atoms. The molecule has 6 nitrogen and oxygen atoms in total. The summed E-state index contributed by atoms with van der Waals surface area (Å²) in [5.41, 5.74) is 1.63. The van der Waals surface area contributed by atoms with E-state index in [1.165, 1.54) is 13.2 Å². The third kappa shape index (κ3) is 4.86. The molecule has 1 aliphatic rings. The first kappa shape index (κ1) is 19.8. The molecule has 0 bridgehead atoms. The van der Waals surface area contributed by atoms with Gasteiger partial charge in [0.25, 0.3) is 5.91 Å². The summed E-state index contributed by atoms with van der Waals surface area (Å²) < 4.78 is 23.9. The van der Waals surface area contributed by atoms with Crippen LogP contribution in [0.5, 0.6) is 5.75 Å². The van der Waals surface area contributed by atoms with Crippen molar-refractivity contribution in [2.45, 2.75) is 12.8 Å². The van der Waals surface area contributed by atoms with E-state index < -0.39 is 5.82 Å². The monoisotopic (exact) mass is 386 g/mol. The number of carbonyl (C=O) groups is 2.